The number of hydrogen-bond donors (Lipinski definition) is 2. The number of amides is 1. The molecule has 0 saturated carbocycles. The van der Waals surface area contributed by atoms with E-state index < -0.39 is 0 Å². The normalized spacial score (nSPS) is 10.0. The number of benzene rings is 1. The predicted molar refractivity (Wildman–Crippen MR) is 92.6 cm³/mol. The number of hydrogen-bond acceptors (Lipinski definition) is 4. The second kappa shape index (κ2) is 13.2. The molecule has 1 amide bonds. The maximum Gasteiger partial charge on any atom is 0.230 e. The number of halogens is 2. The van der Waals surface area contributed by atoms with E-state index in [0.29, 0.717) is 18.9 Å². The number of carbonyl (C=O) groups is 1. The molecule has 0 aliphatic rings. The first kappa shape index (κ1) is 20.5. The molecule has 0 spiro atoms. The lowest BCUT2D eigenvalue weighted by Gasteiger charge is -2.06. The van der Waals surface area contributed by atoms with Gasteiger partial charge in [-0.2, -0.15) is 0 Å². The Labute approximate surface area is 141 Å². The van der Waals surface area contributed by atoms with Crippen LogP contribution in [0.15, 0.2) is 24.3 Å². The Morgan fingerprint density at radius 1 is 1.24 bits per heavy atom. The molecule has 4 nitrogen and oxygen atoms in total. The number of nitrogens with one attached hydrogen (secondary N) is 2. The largest absolute Gasteiger partial charge is 0.383 e. The van der Waals surface area contributed by atoms with Gasteiger partial charge in [0, 0.05) is 37.5 Å². The number of methoxy groups -OCH3 is 1. The molecule has 0 radical (unpaired) electrons. The van der Waals surface area contributed by atoms with Crippen LogP contribution in [0.2, 0.25) is 5.02 Å². The smallest absolute Gasteiger partial charge is 0.230 e. The Morgan fingerprint density at radius 2 is 1.95 bits per heavy atom. The van der Waals surface area contributed by atoms with Crippen molar-refractivity contribution in [2.45, 2.75) is 5.75 Å². The third kappa shape index (κ3) is 10.8. The zero-order valence-corrected chi connectivity index (χ0v) is 14.5. The topological polar surface area (TPSA) is 50.4 Å². The van der Waals surface area contributed by atoms with Gasteiger partial charge in [-0.15, -0.1) is 24.2 Å². The lowest BCUT2D eigenvalue weighted by molar-refractivity contribution is -0.118. The summed E-state index contributed by atoms with van der Waals surface area (Å²) >= 11 is 7.41. The average Bonchev–Trinajstić information content (AvgIpc) is 2.45. The van der Waals surface area contributed by atoms with E-state index in [-0.39, 0.29) is 18.3 Å². The van der Waals surface area contributed by atoms with Gasteiger partial charge in [0.15, 0.2) is 0 Å². The summed E-state index contributed by atoms with van der Waals surface area (Å²) in [5, 5.41) is 6.77. The second-order valence-electron chi connectivity index (χ2n) is 4.21. The fourth-order valence-electron chi connectivity index (χ4n) is 1.48. The highest BCUT2D eigenvalue weighted by molar-refractivity contribution is 7.99. The van der Waals surface area contributed by atoms with E-state index in [9.17, 15) is 4.79 Å². The summed E-state index contributed by atoms with van der Waals surface area (Å²) in [6, 6.07) is 7.69. The summed E-state index contributed by atoms with van der Waals surface area (Å²) in [5.74, 6) is 1.36. The number of carbonyl (C=O) groups excluding carboxylic acids is 1. The minimum absolute atomic E-state index is 0. The highest BCUT2D eigenvalue weighted by Crippen LogP contribution is 2.15. The number of thioether (sulfide) groups is 1. The van der Waals surface area contributed by atoms with Crippen molar-refractivity contribution in [3.63, 3.8) is 0 Å². The van der Waals surface area contributed by atoms with Gasteiger partial charge in [0.05, 0.1) is 12.4 Å². The van der Waals surface area contributed by atoms with Crippen molar-refractivity contribution in [1.29, 1.82) is 0 Å². The Morgan fingerprint density at radius 3 is 2.62 bits per heavy atom. The summed E-state index contributed by atoms with van der Waals surface area (Å²) in [6.07, 6.45) is 0. The molecule has 0 unspecified atom stereocenters. The minimum atomic E-state index is 0. The second-order valence-corrected chi connectivity index (χ2v) is 5.63. The van der Waals surface area contributed by atoms with Crippen LogP contribution in [0.4, 0.5) is 0 Å². The molecule has 0 heterocycles. The van der Waals surface area contributed by atoms with Crippen molar-refractivity contribution in [3.05, 3.63) is 34.9 Å². The summed E-state index contributed by atoms with van der Waals surface area (Å²) in [5.41, 5.74) is 1.17. The van der Waals surface area contributed by atoms with E-state index in [1.165, 1.54) is 5.56 Å². The summed E-state index contributed by atoms with van der Waals surface area (Å²) in [4.78, 5) is 11.6. The fourth-order valence-corrected chi connectivity index (χ4v) is 2.43. The molecule has 0 aromatic heterocycles. The Hall–Kier alpha value is -0.460. The van der Waals surface area contributed by atoms with Crippen molar-refractivity contribution in [3.8, 4) is 0 Å². The van der Waals surface area contributed by atoms with Gasteiger partial charge in [-0.25, -0.2) is 0 Å². The van der Waals surface area contributed by atoms with Crippen LogP contribution >= 0.6 is 35.8 Å². The number of rotatable bonds is 10. The lowest BCUT2D eigenvalue weighted by Crippen LogP contribution is -2.33. The van der Waals surface area contributed by atoms with Gasteiger partial charge >= 0.3 is 0 Å². The summed E-state index contributed by atoms with van der Waals surface area (Å²) < 4.78 is 4.91. The molecule has 2 N–H and O–H groups in total. The van der Waals surface area contributed by atoms with Crippen LogP contribution in [0.3, 0.4) is 0 Å². The maximum atomic E-state index is 11.6. The molecule has 21 heavy (non-hydrogen) atoms. The summed E-state index contributed by atoms with van der Waals surface area (Å²) in [6.45, 7) is 2.89. The van der Waals surface area contributed by atoms with Gasteiger partial charge in [-0.05, 0) is 17.7 Å². The van der Waals surface area contributed by atoms with Crippen molar-refractivity contribution in [2.24, 2.45) is 0 Å². The third-order valence-corrected chi connectivity index (χ3v) is 3.78. The van der Waals surface area contributed by atoms with E-state index in [2.05, 4.69) is 10.6 Å². The molecule has 0 atom stereocenters. The molecule has 1 rings (SSSR count). The highest BCUT2D eigenvalue weighted by atomic mass is 35.5. The third-order valence-electron chi connectivity index (χ3n) is 2.52. The summed E-state index contributed by atoms with van der Waals surface area (Å²) in [7, 11) is 1.67. The van der Waals surface area contributed by atoms with E-state index in [4.69, 9.17) is 16.3 Å². The number of ether oxygens (including phenoxy) is 1. The SMILES string of the molecule is COCCNCCNC(=O)CSCc1ccc(Cl)cc1.Cl. The van der Waals surface area contributed by atoms with Gasteiger partial charge in [0.1, 0.15) is 0 Å². The van der Waals surface area contributed by atoms with Crippen LogP contribution in [0, 0.1) is 0 Å². The van der Waals surface area contributed by atoms with Crippen LogP contribution in [0.25, 0.3) is 0 Å². The van der Waals surface area contributed by atoms with Gasteiger partial charge in [0.25, 0.3) is 0 Å². The van der Waals surface area contributed by atoms with Crippen molar-refractivity contribution in [2.75, 3.05) is 39.1 Å². The molecule has 0 saturated heterocycles. The zero-order chi connectivity index (χ0) is 14.6. The molecular weight excluding hydrogens is 331 g/mol. The van der Waals surface area contributed by atoms with Crippen LogP contribution in [-0.2, 0) is 15.3 Å². The van der Waals surface area contributed by atoms with Gasteiger partial charge in [0.2, 0.25) is 5.91 Å². The average molecular weight is 353 g/mol. The van der Waals surface area contributed by atoms with Crippen molar-refractivity contribution < 1.29 is 9.53 Å². The standard InChI is InChI=1S/C14H21ClN2O2S.ClH/c1-19-9-8-16-6-7-17-14(18)11-20-10-12-2-4-13(15)5-3-12;/h2-5,16H,6-11H2,1H3,(H,17,18);1H. The monoisotopic (exact) mass is 352 g/mol. The Bertz CT molecular complexity index is 391. The van der Waals surface area contributed by atoms with Crippen LogP contribution in [0.1, 0.15) is 5.56 Å². The first-order chi connectivity index (χ1) is 9.72. The first-order valence-electron chi connectivity index (χ1n) is 6.51. The first-order valence-corrected chi connectivity index (χ1v) is 8.04. The minimum Gasteiger partial charge on any atom is -0.383 e. The molecule has 0 fully saturated rings. The van der Waals surface area contributed by atoms with Crippen LogP contribution < -0.4 is 10.6 Å². The molecule has 0 aliphatic carbocycles. The molecule has 0 bridgehead atoms. The van der Waals surface area contributed by atoms with E-state index in [1.54, 1.807) is 18.9 Å². The van der Waals surface area contributed by atoms with Crippen LogP contribution in [0.5, 0.6) is 0 Å². The van der Waals surface area contributed by atoms with Gasteiger partial charge in [-0.3, -0.25) is 4.79 Å². The Balaban J connectivity index is 0.00000400. The van der Waals surface area contributed by atoms with Gasteiger partial charge in [-0.1, -0.05) is 23.7 Å². The van der Waals surface area contributed by atoms with E-state index in [0.717, 1.165) is 23.9 Å². The molecule has 7 heteroatoms. The van der Waals surface area contributed by atoms with Crippen molar-refractivity contribution >= 4 is 41.7 Å². The molecular formula is C14H22Cl2N2O2S. The lowest BCUT2D eigenvalue weighted by atomic mass is 10.2. The fraction of sp³-hybridized carbons (Fsp3) is 0.500. The van der Waals surface area contributed by atoms with Gasteiger partial charge < -0.3 is 15.4 Å². The van der Waals surface area contributed by atoms with Crippen LogP contribution in [-0.4, -0.2) is 45.0 Å². The molecule has 0 aliphatic heterocycles. The highest BCUT2D eigenvalue weighted by Gasteiger charge is 2.01. The molecule has 1 aromatic rings. The predicted octanol–water partition coefficient (Wildman–Crippen LogP) is 2.35. The van der Waals surface area contributed by atoms with E-state index in [1.807, 2.05) is 24.3 Å². The Kier molecular flexibility index (Phi) is 12.9. The zero-order valence-electron chi connectivity index (χ0n) is 12.1. The van der Waals surface area contributed by atoms with E-state index >= 15 is 0 Å². The van der Waals surface area contributed by atoms with Crippen molar-refractivity contribution in [1.82, 2.24) is 10.6 Å². The quantitative estimate of drug-likeness (QED) is 0.634. The molecule has 120 valence electrons. The maximum absolute atomic E-state index is 11.6. The molecule has 1 aromatic carbocycles.